The minimum Gasteiger partial charge on any atom is -0.504 e. The van der Waals surface area contributed by atoms with Crippen LogP contribution in [0.2, 0.25) is 0 Å². The van der Waals surface area contributed by atoms with E-state index in [-0.39, 0.29) is 11.5 Å². The summed E-state index contributed by atoms with van der Waals surface area (Å²) in [5, 5.41) is 17.3. The summed E-state index contributed by atoms with van der Waals surface area (Å²) in [7, 11) is 0. The summed E-state index contributed by atoms with van der Waals surface area (Å²) in [4.78, 5) is 12.5. The molecular formula is C25H22N2O4. The van der Waals surface area contributed by atoms with Crippen LogP contribution < -0.4 is 10.2 Å². The van der Waals surface area contributed by atoms with E-state index in [9.17, 15) is 9.90 Å². The highest BCUT2D eigenvalue weighted by Gasteiger charge is 2.14. The minimum absolute atomic E-state index is 0.0810. The molecule has 0 aliphatic carbocycles. The fourth-order valence-corrected chi connectivity index (χ4v) is 3.47. The Labute approximate surface area is 179 Å². The van der Waals surface area contributed by atoms with Crippen molar-refractivity contribution in [2.75, 3.05) is 6.61 Å². The molecule has 31 heavy (non-hydrogen) atoms. The predicted molar refractivity (Wildman–Crippen MR) is 122 cm³/mol. The zero-order chi connectivity index (χ0) is 21.8. The van der Waals surface area contributed by atoms with Gasteiger partial charge in [-0.3, -0.25) is 4.79 Å². The Hall–Kier alpha value is -4.06. The van der Waals surface area contributed by atoms with E-state index in [0.717, 1.165) is 16.2 Å². The van der Waals surface area contributed by atoms with Gasteiger partial charge in [0.05, 0.1) is 12.8 Å². The molecule has 0 aliphatic rings. The third-order valence-electron chi connectivity index (χ3n) is 4.87. The van der Waals surface area contributed by atoms with Gasteiger partial charge < -0.3 is 14.3 Å². The van der Waals surface area contributed by atoms with Gasteiger partial charge in [-0.05, 0) is 53.9 Å². The number of hydrogen-bond donors (Lipinski definition) is 2. The molecule has 0 spiro atoms. The van der Waals surface area contributed by atoms with Crippen LogP contribution in [0.25, 0.3) is 21.7 Å². The lowest BCUT2D eigenvalue weighted by molar-refractivity contribution is 0.0929. The molecule has 2 N–H and O–H groups in total. The van der Waals surface area contributed by atoms with Gasteiger partial charge in [0, 0.05) is 10.9 Å². The Morgan fingerprint density at radius 1 is 1.19 bits per heavy atom. The Bertz CT molecular complexity index is 1300. The van der Waals surface area contributed by atoms with Crippen LogP contribution >= 0.6 is 0 Å². The average Bonchev–Trinajstić information content (AvgIpc) is 3.22. The van der Waals surface area contributed by atoms with E-state index in [2.05, 4.69) is 17.1 Å². The zero-order valence-electron chi connectivity index (χ0n) is 17.1. The van der Waals surface area contributed by atoms with Crippen molar-refractivity contribution in [2.45, 2.75) is 13.3 Å². The monoisotopic (exact) mass is 414 g/mol. The maximum Gasteiger partial charge on any atom is 0.307 e. The highest BCUT2D eigenvalue weighted by molar-refractivity contribution is 6.08. The molecule has 3 aromatic carbocycles. The first-order valence-electron chi connectivity index (χ1n) is 9.95. The lowest BCUT2D eigenvalue weighted by Crippen LogP contribution is -2.16. The molecule has 4 rings (SSSR count). The fraction of sp³-hybridized carbons (Fsp3) is 0.120. The second-order valence-corrected chi connectivity index (χ2v) is 6.96. The van der Waals surface area contributed by atoms with Gasteiger partial charge in [0.25, 0.3) is 0 Å². The maximum absolute atomic E-state index is 12.5. The molecule has 6 nitrogen and oxygen atoms in total. The summed E-state index contributed by atoms with van der Waals surface area (Å²) in [5.41, 5.74) is 4.47. The lowest BCUT2D eigenvalue weighted by Gasteiger charge is -2.10. The SMILES string of the molecule is C=CCc1cc(/C=N/NC(=O)c2cc3c(ccc4ccccc43)o2)cc(OCC)c1O. The number of carbonyl (C=O) groups is 1. The van der Waals surface area contributed by atoms with Crippen LogP contribution in [-0.4, -0.2) is 23.8 Å². The van der Waals surface area contributed by atoms with Crippen LogP contribution in [0.4, 0.5) is 0 Å². The van der Waals surface area contributed by atoms with Gasteiger partial charge in [-0.25, -0.2) is 5.43 Å². The van der Waals surface area contributed by atoms with Crippen LogP contribution in [0.5, 0.6) is 11.5 Å². The van der Waals surface area contributed by atoms with Crippen molar-refractivity contribution in [3.8, 4) is 11.5 Å². The van der Waals surface area contributed by atoms with Crippen molar-refractivity contribution < 1.29 is 19.1 Å². The quantitative estimate of drug-likeness (QED) is 0.248. The van der Waals surface area contributed by atoms with Gasteiger partial charge in [-0.2, -0.15) is 5.10 Å². The number of nitrogens with zero attached hydrogens (tertiary/aromatic N) is 1. The molecule has 1 aromatic heterocycles. The fourth-order valence-electron chi connectivity index (χ4n) is 3.47. The number of fused-ring (bicyclic) bond motifs is 3. The second-order valence-electron chi connectivity index (χ2n) is 6.96. The number of hydrogen-bond acceptors (Lipinski definition) is 5. The number of ether oxygens (including phenoxy) is 1. The maximum atomic E-state index is 12.5. The molecule has 0 fully saturated rings. The molecule has 1 amide bonds. The molecule has 4 aromatic rings. The van der Waals surface area contributed by atoms with Crippen molar-refractivity contribution in [3.05, 3.63) is 84.1 Å². The van der Waals surface area contributed by atoms with Gasteiger partial charge >= 0.3 is 5.91 Å². The summed E-state index contributed by atoms with van der Waals surface area (Å²) in [6.07, 6.45) is 3.66. The second kappa shape index (κ2) is 8.75. The van der Waals surface area contributed by atoms with Gasteiger partial charge in [0.15, 0.2) is 17.3 Å². The Balaban J connectivity index is 1.56. The normalized spacial score (nSPS) is 11.3. The number of furan rings is 1. The third-order valence-corrected chi connectivity index (χ3v) is 4.87. The smallest absolute Gasteiger partial charge is 0.307 e. The summed E-state index contributed by atoms with van der Waals surface area (Å²) in [6.45, 7) is 5.96. The third kappa shape index (κ3) is 4.14. The molecule has 0 atom stereocenters. The molecule has 156 valence electrons. The summed E-state index contributed by atoms with van der Waals surface area (Å²) in [5.74, 6) is 0.166. The molecule has 0 bridgehead atoms. The largest absolute Gasteiger partial charge is 0.504 e. The van der Waals surface area contributed by atoms with Crippen LogP contribution in [0, 0.1) is 0 Å². The number of phenolic OH excluding ortho intramolecular Hbond substituents is 1. The molecule has 0 aliphatic heterocycles. The number of nitrogens with one attached hydrogen (secondary N) is 1. The number of carbonyl (C=O) groups excluding carboxylic acids is 1. The number of amides is 1. The van der Waals surface area contributed by atoms with E-state index >= 15 is 0 Å². The minimum atomic E-state index is -0.452. The number of hydrazone groups is 1. The van der Waals surface area contributed by atoms with Crippen molar-refractivity contribution in [3.63, 3.8) is 0 Å². The molecule has 0 unspecified atom stereocenters. The van der Waals surface area contributed by atoms with Crippen molar-refractivity contribution in [1.82, 2.24) is 5.43 Å². The van der Waals surface area contributed by atoms with E-state index in [1.807, 2.05) is 43.3 Å². The van der Waals surface area contributed by atoms with Crippen LogP contribution in [0.15, 0.2) is 76.8 Å². The molecule has 1 heterocycles. The van der Waals surface area contributed by atoms with Crippen molar-refractivity contribution >= 4 is 33.9 Å². The summed E-state index contributed by atoms with van der Waals surface area (Å²) < 4.78 is 11.2. The van der Waals surface area contributed by atoms with Crippen LogP contribution in [0.3, 0.4) is 0 Å². The van der Waals surface area contributed by atoms with E-state index in [1.165, 1.54) is 6.21 Å². The first-order chi connectivity index (χ1) is 15.1. The van der Waals surface area contributed by atoms with Gasteiger partial charge in [0.2, 0.25) is 0 Å². The van der Waals surface area contributed by atoms with E-state index in [0.29, 0.717) is 35.5 Å². The Morgan fingerprint density at radius 2 is 2.03 bits per heavy atom. The highest BCUT2D eigenvalue weighted by atomic mass is 16.5. The van der Waals surface area contributed by atoms with Gasteiger partial charge in [-0.15, -0.1) is 6.58 Å². The van der Waals surface area contributed by atoms with E-state index in [4.69, 9.17) is 9.15 Å². The van der Waals surface area contributed by atoms with E-state index in [1.54, 1.807) is 24.3 Å². The molecule has 0 saturated carbocycles. The number of phenols is 1. The molecule has 0 radical (unpaired) electrons. The Kier molecular flexibility index (Phi) is 5.71. The molecule has 6 heteroatoms. The predicted octanol–water partition coefficient (Wildman–Crippen LogP) is 5.18. The first kappa shape index (κ1) is 20.2. The lowest BCUT2D eigenvalue weighted by atomic mass is 10.1. The number of aromatic hydroxyl groups is 1. The first-order valence-corrected chi connectivity index (χ1v) is 9.95. The van der Waals surface area contributed by atoms with E-state index < -0.39 is 5.91 Å². The number of allylic oxidation sites excluding steroid dienone is 1. The summed E-state index contributed by atoms with van der Waals surface area (Å²) in [6, 6.07) is 16.9. The topological polar surface area (TPSA) is 84.1 Å². The van der Waals surface area contributed by atoms with Gasteiger partial charge in [0.1, 0.15) is 5.58 Å². The van der Waals surface area contributed by atoms with Gasteiger partial charge in [-0.1, -0.05) is 36.4 Å². The zero-order valence-corrected chi connectivity index (χ0v) is 17.1. The number of benzene rings is 3. The highest BCUT2D eigenvalue weighted by Crippen LogP contribution is 2.32. The molecular weight excluding hydrogens is 392 g/mol. The molecule has 0 saturated heterocycles. The van der Waals surface area contributed by atoms with Crippen molar-refractivity contribution in [2.24, 2.45) is 5.10 Å². The standard InChI is InChI=1S/C25H22N2O4/c1-3-7-18-12-16(13-22(24(18)28)30-4-2)15-26-27-25(29)23-14-20-19-9-6-5-8-17(19)10-11-21(20)31-23/h3,5-6,8-15,28H,1,4,7H2,2H3,(H,27,29)/b26-15+. The average molecular weight is 414 g/mol. The van der Waals surface area contributed by atoms with Crippen LogP contribution in [0.1, 0.15) is 28.6 Å². The van der Waals surface area contributed by atoms with Crippen LogP contribution in [-0.2, 0) is 6.42 Å². The number of rotatable bonds is 7. The Morgan fingerprint density at radius 3 is 2.84 bits per heavy atom. The summed E-state index contributed by atoms with van der Waals surface area (Å²) >= 11 is 0. The van der Waals surface area contributed by atoms with Crippen molar-refractivity contribution in [1.29, 1.82) is 0 Å².